The van der Waals surface area contributed by atoms with Crippen LogP contribution in [0.5, 0.6) is 0 Å². The van der Waals surface area contributed by atoms with E-state index in [1.807, 2.05) is 13.8 Å². The largest absolute Gasteiger partial charge is 0.480 e. The number of hydrogen-bond donors (Lipinski definition) is 2. The van der Waals surface area contributed by atoms with Gasteiger partial charge in [0.25, 0.3) is 0 Å². The van der Waals surface area contributed by atoms with Gasteiger partial charge in [0.2, 0.25) is 5.91 Å². The van der Waals surface area contributed by atoms with Crippen LogP contribution in [0, 0.1) is 5.92 Å². The smallest absolute Gasteiger partial charge is 0.323 e. The molecule has 0 aromatic heterocycles. The van der Waals surface area contributed by atoms with Crippen molar-refractivity contribution >= 4 is 11.9 Å². The maximum absolute atomic E-state index is 12.3. The van der Waals surface area contributed by atoms with Crippen LogP contribution in [0.2, 0.25) is 0 Å². The molecule has 1 amide bonds. The zero-order chi connectivity index (χ0) is 13.0. The van der Waals surface area contributed by atoms with Gasteiger partial charge in [0.05, 0.1) is 5.92 Å². The van der Waals surface area contributed by atoms with Crippen molar-refractivity contribution in [3.05, 3.63) is 0 Å². The van der Waals surface area contributed by atoms with Crippen molar-refractivity contribution in [1.82, 2.24) is 4.90 Å². The van der Waals surface area contributed by atoms with E-state index in [-0.39, 0.29) is 30.5 Å². The van der Waals surface area contributed by atoms with Gasteiger partial charge in [-0.05, 0) is 26.7 Å². The molecule has 3 N–H and O–H groups in total. The number of nitrogens with zero attached hydrogens (tertiary/aromatic N) is 1. The van der Waals surface area contributed by atoms with Crippen LogP contribution in [-0.2, 0) is 9.59 Å². The number of amides is 1. The van der Waals surface area contributed by atoms with Crippen molar-refractivity contribution in [1.29, 1.82) is 0 Å². The molecule has 0 bridgehead atoms. The van der Waals surface area contributed by atoms with E-state index in [9.17, 15) is 9.59 Å². The summed E-state index contributed by atoms with van der Waals surface area (Å²) in [5, 5.41) is 8.82. The van der Waals surface area contributed by atoms with Crippen LogP contribution < -0.4 is 5.73 Å². The van der Waals surface area contributed by atoms with Crippen LogP contribution in [-0.4, -0.2) is 40.5 Å². The predicted octanol–water partition coefficient (Wildman–Crippen LogP) is 0.825. The fourth-order valence-corrected chi connectivity index (χ4v) is 2.34. The van der Waals surface area contributed by atoms with Crippen molar-refractivity contribution in [3.63, 3.8) is 0 Å². The Labute approximate surface area is 102 Å². The summed E-state index contributed by atoms with van der Waals surface area (Å²) in [5.41, 5.74) is 5.95. The predicted molar refractivity (Wildman–Crippen MR) is 64.4 cm³/mol. The third kappa shape index (κ3) is 3.70. The van der Waals surface area contributed by atoms with E-state index >= 15 is 0 Å². The molecule has 0 aromatic carbocycles. The highest BCUT2D eigenvalue weighted by Gasteiger charge is 2.33. The zero-order valence-corrected chi connectivity index (χ0v) is 10.6. The molecule has 0 aromatic rings. The highest BCUT2D eigenvalue weighted by molar-refractivity contribution is 5.84. The van der Waals surface area contributed by atoms with E-state index in [2.05, 4.69) is 0 Å². The van der Waals surface area contributed by atoms with Gasteiger partial charge in [0.1, 0.15) is 6.54 Å². The number of carbonyl (C=O) groups is 2. The number of nitrogens with two attached hydrogens (primary N) is 1. The minimum absolute atomic E-state index is 0.102. The van der Waals surface area contributed by atoms with Crippen LogP contribution >= 0.6 is 0 Å². The molecule has 2 atom stereocenters. The van der Waals surface area contributed by atoms with Gasteiger partial charge >= 0.3 is 5.97 Å². The molecule has 1 saturated carbocycles. The Bertz CT molecular complexity index is 291. The molecule has 1 aliphatic rings. The van der Waals surface area contributed by atoms with Crippen LogP contribution in [0.4, 0.5) is 0 Å². The molecule has 0 spiro atoms. The van der Waals surface area contributed by atoms with Crippen molar-refractivity contribution in [2.75, 3.05) is 6.54 Å². The fraction of sp³-hybridized carbons (Fsp3) is 0.833. The number of carboxylic acid groups (broad SMARTS) is 1. The van der Waals surface area contributed by atoms with Gasteiger partial charge < -0.3 is 15.7 Å². The highest BCUT2D eigenvalue weighted by atomic mass is 16.4. The lowest BCUT2D eigenvalue weighted by molar-refractivity contribution is -0.148. The Balaban J connectivity index is 2.72. The minimum atomic E-state index is -0.976. The molecule has 0 heterocycles. The van der Waals surface area contributed by atoms with E-state index in [0.29, 0.717) is 0 Å². The number of carboxylic acids is 1. The third-order valence-corrected chi connectivity index (χ3v) is 3.35. The first-order chi connectivity index (χ1) is 7.93. The lowest BCUT2D eigenvalue weighted by atomic mass is 9.84. The Morgan fingerprint density at radius 2 is 1.94 bits per heavy atom. The van der Waals surface area contributed by atoms with Gasteiger partial charge in [0, 0.05) is 12.1 Å². The highest BCUT2D eigenvalue weighted by Crippen LogP contribution is 2.25. The van der Waals surface area contributed by atoms with Gasteiger partial charge in [-0.25, -0.2) is 0 Å². The van der Waals surface area contributed by atoms with E-state index in [4.69, 9.17) is 10.8 Å². The minimum Gasteiger partial charge on any atom is -0.480 e. The zero-order valence-electron chi connectivity index (χ0n) is 10.6. The summed E-state index contributed by atoms with van der Waals surface area (Å²) >= 11 is 0. The summed E-state index contributed by atoms with van der Waals surface area (Å²) < 4.78 is 0. The molecule has 5 nitrogen and oxygen atoms in total. The molecular formula is C12H22N2O3. The standard InChI is InChI=1S/C12H22N2O3/c1-8(2)14(7-11(15)16)12(17)9-5-3-4-6-10(9)13/h8-10H,3-7,13H2,1-2H3,(H,15,16). The van der Waals surface area contributed by atoms with E-state index < -0.39 is 5.97 Å². The summed E-state index contributed by atoms with van der Waals surface area (Å²) in [4.78, 5) is 24.4. The van der Waals surface area contributed by atoms with Crippen LogP contribution in [0.3, 0.4) is 0 Å². The van der Waals surface area contributed by atoms with Gasteiger partial charge in [0.15, 0.2) is 0 Å². The Morgan fingerprint density at radius 1 is 1.35 bits per heavy atom. The van der Waals surface area contributed by atoms with E-state index in [0.717, 1.165) is 25.7 Å². The molecule has 0 aliphatic heterocycles. The summed E-state index contributed by atoms with van der Waals surface area (Å²) in [6, 6.07) is -0.223. The van der Waals surface area contributed by atoms with Crippen molar-refractivity contribution in [3.8, 4) is 0 Å². The number of rotatable bonds is 4. The van der Waals surface area contributed by atoms with Gasteiger partial charge in [-0.15, -0.1) is 0 Å². The van der Waals surface area contributed by atoms with Crippen molar-refractivity contribution in [2.24, 2.45) is 11.7 Å². The molecule has 0 radical (unpaired) electrons. The molecule has 1 rings (SSSR count). The average molecular weight is 242 g/mol. The second-order valence-electron chi connectivity index (χ2n) is 5.01. The molecular weight excluding hydrogens is 220 g/mol. The Morgan fingerprint density at radius 3 is 2.41 bits per heavy atom. The summed E-state index contributed by atoms with van der Waals surface area (Å²) in [7, 11) is 0. The molecule has 98 valence electrons. The normalized spacial score (nSPS) is 24.7. The van der Waals surface area contributed by atoms with E-state index in [1.54, 1.807) is 0 Å². The quantitative estimate of drug-likeness (QED) is 0.764. The second-order valence-corrected chi connectivity index (χ2v) is 5.01. The lowest BCUT2D eigenvalue weighted by Crippen LogP contribution is -2.49. The van der Waals surface area contributed by atoms with Crippen LogP contribution in [0.15, 0.2) is 0 Å². The van der Waals surface area contributed by atoms with Gasteiger partial charge in [-0.1, -0.05) is 12.8 Å². The van der Waals surface area contributed by atoms with Crippen LogP contribution in [0.25, 0.3) is 0 Å². The monoisotopic (exact) mass is 242 g/mol. The molecule has 1 aliphatic carbocycles. The van der Waals surface area contributed by atoms with Gasteiger partial charge in [-0.2, -0.15) is 0 Å². The molecule has 1 fully saturated rings. The number of hydrogen-bond acceptors (Lipinski definition) is 3. The maximum atomic E-state index is 12.3. The maximum Gasteiger partial charge on any atom is 0.323 e. The third-order valence-electron chi connectivity index (χ3n) is 3.35. The molecule has 2 unspecified atom stereocenters. The SMILES string of the molecule is CC(C)N(CC(=O)O)C(=O)C1CCCCC1N. The van der Waals surface area contributed by atoms with Gasteiger partial charge in [-0.3, -0.25) is 9.59 Å². The number of aliphatic carboxylic acids is 1. The second kappa shape index (κ2) is 6.00. The summed E-state index contributed by atoms with van der Waals surface area (Å²) in [6.07, 6.45) is 3.70. The molecule has 17 heavy (non-hydrogen) atoms. The first-order valence-electron chi connectivity index (χ1n) is 6.21. The van der Waals surface area contributed by atoms with E-state index in [1.165, 1.54) is 4.90 Å². The lowest BCUT2D eigenvalue weighted by Gasteiger charge is -2.34. The molecule has 5 heteroatoms. The first-order valence-corrected chi connectivity index (χ1v) is 6.21. The van der Waals surface area contributed by atoms with Crippen molar-refractivity contribution < 1.29 is 14.7 Å². The topological polar surface area (TPSA) is 83.6 Å². The Hall–Kier alpha value is -1.10. The fourth-order valence-electron chi connectivity index (χ4n) is 2.34. The molecule has 0 saturated heterocycles. The summed E-state index contributed by atoms with van der Waals surface area (Å²) in [5.74, 6) is -1.28. The van der Waals surface area contributed by atoms with Crippen molar-refractivity contribution in [2.45, 2.75) is 51.6 Å². The Kier molecular flexibility index (Phi) is 4.93. The summed E-state index contributed by atoms with van der Waals surface area (Å²) in [6.45, 7) is 3.42. The first kappa shape index (κ1) is 14.0. The number of carbonyl (C=O) groups excluding carboxylic acids is 1. The van der Waals surface area contributed by atoms with Crippen LogP contribution in [0.1, 0.15) is 39.5 Å². The average Bonchev–Trinajstić information content (AvgIpc) is 2.25.